The summed E-state index contributed by atoms with van der Waals surface area (Å²) in [7, 11) is 0. The molecule has 9 heteroatoms. The number of rotatable bonds is 9. The van der Waals surface area contributed by atoms with Gasteiger partial charge in [0.15, 0.2) is 11.6 Å². The second kappa shape index (κ2) is 9.75. The van der Waals surface area contributed by atoms with E-state index in [9.17, 15) is 9.59 Å². The summed E-state index contributed by atoms with van der Waals surface area (Å²) >= 11 is 1.61. The van der Waals surface area contributed by atoms with E-state index in [2.05, 4.69) is 20.7 Å². The number of carbonyl (C=O) groups excluding carboxylic acids is 2. The number of Topliss-reactive ketones (excluding diaryl/α,β-unsaturated/α-hetero) is 1. The van der Waals surface area contributed by atoms with E-state index in [0.717, 1.165) is 10.4 Å². The van der Waals surface area contributed by atoms with Crippen LogP contribution in [0, 0.1) is 0 Å². The molecule has 8 nitrogen and oxygen atoms in total. The molecule has 0 bridgehead atoms. The van der Waals surface area contributed by atoms with E-state index in [-0.39, 0.29) is 18.9 Å². The van der Waals surface area contributed by atoms with E-state index in [1.54, 1.807) is 11.3 Å². The molecule has 0 aliphatic rings. The summed E-state index contributed by atoms with van der Waals surface area (Å²) in [5.41, 5.74) is 0.877. The Hall–Kier alpha value is -3.07. The van der Waals surface area contributed by atoms with E-state index < -0.39 is 12.1 Å². The molecular weight excluding hydrogens is 378 g/mol. The minimum absolute atomic E-state index is 0.0606. The first-order valence-corrected chi connectivity index (χ1v) is 9.81. The molecule has 1 N–H and O–H groups in total. The first-order valence-electron chi connectivity index (χ1n) is 8.93. The largest absolute Gasteiger partial charge is 0.445 e. The van der Waals surface area contributed by atoms with E-state index in [0.29, 0.717) is 18.7 Å². The van der Waals surface area contributed by atoms with Gasteiger partial charge >= 0.3 is 6.09 Å². The van der Waals surface area contributed by atoms with Gasteiger partial charge in [-0.1, -0.05) is 43.3 Å². The molecule has 0 aliphatic carbocycles. The van der Waals surface area contributed by atoms with Gasteiger partial charge in [0.2, 0.25) is 0 Å². The Kier molecular flexibility index (Phi) is 6.85. The van der Waals surface area contributed by atoms with Crippen molar-refractivity contribution in [2.45, 2.75) is 39.0 Å². The van der Waals surface area contributed by atoms with Crippen molar-refractivity contribution in [3.05, 3.63) is 64.1 Å². The number of alkyl carbamates (subject to hydrolysis) is 1. The molecule has 0 fully saturated rings. The number of ether oxygens (including phenoxy) is 1. The number of benzene rings is 1. The number of thiophene rings is 1. The van der Waals surface area contributed by atoms with Gasteiger partial charge in [-0.3, -0.25) is 4.79 Å². The normalized spacial score (nSPS) is 11.8. The van der Waals surface area contributed by atoms with Gasteiger partial charge in [-0.25, -0.2) is 4.79 Å². The molecule has 146 valence electrons. The highest BCUT2D eigenvalue weighted by molar-refractivity contribution is 7.09. The summed E-state index contributed by atoms with van der Waals surface area (Å²) in [5.74, 6) is 0.345. The lowest BCUT2D eigenvalue weighted by atomic mass is 10.1. The molecule has 1 unspecified atom stereocenters. The maximum Gasteiger partial charge on any atom is 0.408 e. The molecule has 0 saturated heterocycles. The summed E-state index contributed by atoms with van der Waals surface area (Å²) in [5, 5.41) is 16.7. The number of hydrogen-bond donors (Lipinski definition) is 1. The second-order valence-electron chi connectivity index (χ2n) is 6.13. The fraction of sp³-hybridized carbons (Fsp3) is 0.316. The van der Waals surface area contributed by atoms with Crippen molar-refractivity contribution in [1.82, 2.24) is 25.5 Å². The monoisotopic (exact) mass is 399 g/mol. The van der Waals surface area contributed by atoms with Gasteiger partial charge in [0, 0.05) is 11.3 Å². The van der Waals surface area contributed by atoms with Crippen LogP contribution >= 0.6 is 11.3 Å². The third-order valence-corrected chi connectivity index (χ3v) is 4.88. The molecule has 2 aromatic heterocycles. The molecule has 0 aliphatic heterocycles. The molecule has 3 aromatic rings. The molecular formula is C19H21N5O3S. The Morgan fingerprint density at radius 3 is 2.75 bits per heavy atom. The molecule has 28 heavy (non-hydrogen) atoms. The molecule has 3 rings (SSSR count). The fourth-order valence-corrected chi connectivity index (χ4v) is 3.25. The lowest BCUT2D eigenvalue weighted by molar-refractivity contribution is -0.122. The van der Waals surface area contributed by atoms with Gasteiger partial charge in [0.1, 0.15) is 13.2 Å². The number of nitrogens with zero attached hydrogens (tertiary/aromatic N) is 4. The van der Waals surface area contributed by atoms with Crippen LogP contribution in [0.1, 0.15) is 29.6 Å². The summed E-state index contributed by atoms with van der Waals surface area (Å²) in [6.45, 7) is 1.90. The van der Waals surface area contributed by atoms with Crippen molar-refractivity contribution in [3.8, 4) is 0 Å². The van der Waals surface area contributed by atoms with E-state index in [1.165, 1.54) is 4.80 Å². The Labute approximate surface area is 166 Å². The number of aromatic nitrogens is 4. The van der Waals surface area contributed by atoms with Gasteiger partial charge in [0.05, 0.1) is 6.04 Å². The Morgan fingerprint density at radius 2 is 2.04 bits per heavy atom. The fourth-order valence-electron chi connectivity index (χ4n) is 2.55. The van der Waals surface area contributed by atoms with Crippen molar-refractivity contribution in [2.24, 2.45) is 0 Å². The number of hydrogen-bond acceptors (Lipinski definition) is 7. The van der Waals surface area contributed by atoms with Crippen LogP contribution in [-0.2, 0) is 29.1 Å². The number of tetrazole rings is 1. The predicted octanol–water partition coefficient (Wildman–Crippen LogP) is 2.60. The zero-order valence-electron chi connectivity index (χ0n) is 15.4. The van der Waals surface area contributed by atoms with Crippen molar-refractivity contribution in [1.29, 1.82) is 0 Å². The zero-order chi connectivity index (χ0) is 19.8. The number of amides is 1. The van der Waals surface area contributed by atoms with Crippen LogP contribution in [0.2, 0.25) is 0 Å². The average Bonchev–Trinajstić information content (AvgIpc) is 3.37. The summed E-state index contributed by atoms with van der Waals surface area (Å²) < 4.78 is 5.17. The number of carbonyl (C=O) groups is 2. The van der Waals surface area contributed by atoms with Crippen LogP contribution in [0.4, 0.5) is 4.79 Å². The summed E-state index contributed by atoms with van der Waals surface area (Å²) in [4.78, 5) is 26.9. The standard InChI is InChI=1S/C19H21N5O3S/c1-2-16(20-19(26)27-13-14-7-4-3-5-8-14)17(25)12-24-22-18(21-23-24)11-15-9-6-10-28-15/h3-10,16H,2,11-13H2,1H3,(H,20,26). The molecule has 0 spiro atoms. The molecule has 0 saturated carbocycles. The first-order chi connectivity index (χ1) is 13.6. The third-order valence-electron chi connectivity index (χ3n) is 4.01. The molecule has 0 radical (unpaired) electrons. The topological polar surface area (TPSA) is 99.0 Å². The van der Waals surface area contributed by atoms with Crippen molar-refractivity contribution in [2.75, 3.05) is 0 Å². The van der Waals surface area contributed by atoms with Crippen molar-refractivity contribution < 1.29 is 14.3 Å². The van der Waals surface area contributed by atoms with Crippen LogP contribution in [0.25, 0.3) is 0 Å². The first kappa shape index (κ1) is 19.7. The smallest absolute Gasteiger partial charge is 0.408 e. The number of ketones is 1. The van der Waals surface area contributed by atoms with Crippen LogP contribution < -0.4 is 5.32 Å². The number of nitrogens with one attached hydrogen (secondary N) is 1. The molecule has 1 atom stereocenters. The van der Waals surface area contributed by atoms with Gasteiger partial charge in [-0.05, 0) is 28.6 Å². The second-order valence-corrected chi connectivity index (χ2v) is 7.16. The molecule has 1 amide bonds. The summed E-state index contributed by atoms with van der Waals surface area (Å²) in [6, 6.07) is 12.6. The van der Waals surface area contributed by atoms with Crippen LogP contribution in [-0.4, -0.2) is 38.1 Å². The minimum atomic E-state index is -0.671. The van der Waals surface area contributed by atoms with Gasteiger partial charge < -0.3 is 10.1 Å². The molecule has 1 aromatic carbocycles. The lowest BCUT2D eigenvalue weighted by Gasteiger charge is -2.15. The van der Waals surface area contributed by atoms with Crippen LogP contribution in [0.5, 0.6) is 0 Å². The summed E-state index contributed by atoms with van der Waals surface area (Å²) in [6.07, 6.45) is 0.386. The minimum Gasteiger partial charge on any atom is -0.445 e. The Balaban J connectivity index is 1.49. The van der Waals surface area contributed by atoms with Crippen molar-refractivity contribution >= 4 is 23.2 Å². The maximum absolute atomic E-state index is 12.5. The van der Waals surface area contributed by atoms with Crippen molar-refractivity contribution in [3.63, 3.8) is 0 Å². The molecule has 2 heterocycles. The highest BCUT2D eigenvalue weighted by Crippen LogP contribution is 2.11. The maximum atomic E-state index is 12.5. The van der Waals surface area contributed by atoms with Crippen LogP contribution in [0.3, 0.4) is 0 Å². The van der Waals surface area contributed by atoms with E-state index >= 15 is 0 Å². The predicted molar refractivity (Wildman–Crippen MR) is 104 cm³/mol. The average molecular weight is 399 g/mol. The van der Waals surface area contributed by atoms with Gasteiger partial charge in [-0.2, -0.15) is 4.80 Å². The van der Waals surface area contributed by atoms with E-state index in [4.69, 9.17) is 4.74 Å². The Morgan fingerprint density at radius 1 is 1.21 bits per heavy atom. The van der Waals surface area contributed by atoms with Crippen LogP contribution in [0.15, 0.2) is 47.8 Å². The highest BCUT2D eigenvalue weighted by atomic mass is 32.1. The zero-order valence-corrected chi connectivity index (χ0v) is 16.3. The Bertz CT molecular complexity index is 895. The quantitative estimate of drug-likeness (QED) is 0.594. The lowest BCUT2D eigenvalue weighted by Crippen LogP contribution is -2.42. The van der Waals surface area contributed by atoms with Gasteiger partial charge in [0.25, 0.3) is 0 Å². The highest BCUT2D eigenvalue weighted by Gasteiger charge is 2.21. The van der Waals surface area contributed by atoms with Gasteiger partial charge in [-0.15, -0.1) is 21.5 Å². The van der Waals surface area contributed by atoms with E-state index in [1.807, 2.05) is 54.8 Å². The third kappa shape index (κ3) is 5.71. The SMILES string of the molecule is CCC(NC(=O)OCc1ccccc1)C(=O)Cn1nnc(Cc2cccs2)n1.